The Labute approximate surface area is 145 Å². The van der Waals surface area contributed by atoms with Crippen LogP contribution in [0.25, 0.3) is 11.5 Å². The maximum Gasteiger partial charge on any atom is 0.417 e. The fourth-order valence-corrected chi connectivity index (χ4v) is 2.48. The van der Waals surface area contributed by atoms with Gasteiger partial charge < -0.3 is 8.98 Å². The maximum atomic E-state index is 12.9. The Bertz CT molecular complexity index is 959. The Kier molecular flexibility index (Phi) is 4.43. The summed E-state index contributed by atoms with van der Waals surface area (Å²) in [5.74, 6) is 0.320. The van der Waals surface area contributed by atoms with Gasteiger partial charge in [-0.2, -0.15) is 13.2 Å². The second-order valence-electron chi connectivity index (χ2n) is 5.52. The van der Waals surface area contributed by atoms with Crippen molar-refractivity contribution in [2.75, 3.05) is 0 Å². The molecule has 0 amide bonds. The Balaban J connectivity index is 1.92. The van der Waals surface area contributed by atoms with Crippen LogP contribution in [0, 0.1) is 6.92 Å². The molecule has 0 N–H and O–H groups in total. The number of rotatable bonds is 3. The first kappa shape index (κ1) is 17.3. The van der Waals surface area contributed by atoms with E-state index in [2.05, 4.69) is 4.98 Å². The molecule has 0 atom stereocenters. The lowest BCUT2D eigenvalue weighted by Crippen LogP contribution is -2.23. The van der Waals surface area contributed by atoms with Gasteiger partial charge in [0.1, 0.15) is 11.3 Å². The molecule has 3 aromatic rings. The Hall–Kier alpha value is -2.54. The number of aromatic nitrogens is 2. The molecule has 130 valence electrons. The predicted octanol–water partition coefficient (Wildman–Crippen LogP) is 4.53. The third-order valence-corrected chi connectivity index (χ3v) is 3.82. The minimum atomic E-state index is -4.60. The van der Waals surface area contributed by atoms with Crippen molar-refractivity contribution in [3.63, 3.8) is 0 Å². The van der Waals surface area contributed by atoms with Crippen LogP contribution in [0.1, 0.15) is 16.8 Å². The molecular formula is C17H12ClF3N2O2. The third-order valence-electron chi connectivity index (χ3n) is 3.55. The first-order chi connectivity index (χ1) is 11.7. The number of benzene rings is 1. The lowest BCUT2D eigenvalue weighted by Gasteiger charge is -2.10. The topological polar surface area (TPSA) is 48.0 Å². The van der Waals surface area contributed by atoms with E-state index in [9.17, 15) is 18.0 Å². The number of nitrogens with zero attached hydrogens (tertiary/aromatic N) is 2. The van der Waals surface area contributed by atoms with Crippen LogP contribution in [0.2, 0.25) is 5.02 Å². The molecule has 0 spiro atoms. The van der Waals surface area contributed by atoms with Gasteiger partial charge in [-0.15, -0.1) is 0 Å². The summed E-state index contributed by atoms with van der Waals surface area (Å²) in [7, 11) is 0. The average molecular weight is 369 g/mol. The lowest BCUT2D eigenvalue weighted by molar-refractivity contribution is -0.138. The zero-order valence-corrected chi connectivity index (χ0v) is 13.7. The highest BCUT2D eigenvalue weighted by Gasteiger charge is 2.32. The van der Waals surface area contributed by atoms with Crippen LogP contribution < -0.4 is 5.56 Å². The van der Waals surface area contributed by atoms with E-state index in [0.29, 0.717) is 23.8 Å². The van der Waals surface area contributed by atoms with Gasteiger partial charge in [0, 0.05) is 11.8 Å². The van der Waals surface area contributed by atoms with E-state index >= 15 is 0 Å². The van der Waals surface area contributed by atoms with Gasteiger partial charge >= 0.3 is 6.18 Å². The van der Waals surface area contributed by atoms with Crippen LogP contribution in [0.5, 0.6) is 0 Å². The van der Waals surface area contributed by atoms with E-state index < -0.39 is 22.3 Å². The van der Waals surface area contributed by atoms with Crippen LogP contribution in [-0.2, 0) is 12.7 Å². The van der Waals surface area contributed by atoms with Crippen molar-refractivity contribution >= 4 is 11.6 Å². The Morgan fingerprint density at radius 2 is 1.92 bits per heavy atom. The van der Waals surface area contributed by atoms with Gasteiger partial charge in [0.2, 0.25) is 5.89 Å². The van der Waals surface area contributed by atoms with E-state index in [0.717, 1.165) is 15.7 Å². The zero-order valence-electron chi connectivity index (χ0n) is 13.0. The van der Waals surface area contributed by atoms with Crippen molar-refractivity contribution in [1.29, 1.82) is 0 Å². The number of oxazole rings is 1. The molecule has 0 radical (unpaired) electrons. The Morgan fingerprint density at radius 1 is 1.24 bits per heavy atom. The van der Waals surface area contributed by atoms with Gasteiger partial charge in [-0.05, 0) is 25.1 Å². The standard InChI is InChI=1S/C17H12ClF3N2O2/c1-10-2-4-11(5-3-10)15-22-13(9-25-15)8-23-7-12(17(19,20)21)6-14(18)16(23)24/h2-7,9H,8H2,1H3. The van der Waals surface area contributed by atoms with Gasteiger partial charge in [-0.25, -0.2) is 4.98 Å². The lowest BCUT2D eigenvalue weighted by atomic mass is 10.1. The monoisotopic (exact) mass is 368 g/mol. The highest BCUT2D eigenvalue weighted by molar-refractivity contribution is 6.30. The summed E-state index contributed by atoms with van der Waals surface area (Å²) < 4.78 is 44.8. The highest BCUT2D eigenvalue weighted by Crippen LogP contribution is 2.29. The molecule has 2 aromatic heterocycles. The van der Waals surface area contributed by atoms with Crippen LogP contribution in [0.3, 0.4) is 0 Å². The molecule has 0 aliphatic rings. The van der Waals surface area contributed by atoms with E-state index in [4.69, 9.17) is 16.0 Å². The molecule has 25 heavy (non-hydrogen) atoms. The zero-order chi connectivity index (χ0) is 18.2. The van der Waals surface area contributed by atoms with Gasteiger partial charge in [-0.1, -0.05) is 29.3 Å². The molecule has 0 fully saturated rings. The van der Waals surface area contributed by atoms with Crippen molar-refractivity contribution in [2.45, 2.75) is 19.6 Å². The number of hydrogen-bond acceptors (Lipinski definition) is 3. The molecule has 0 bridgehead atoms. The fourth-order valence-electron chi connectivity index (χ4n) is 2.25. The van der Waals surface area contributed by atoms with Crippen LogP contribution in [0.4, 0.5) is 13.2 Å². The van der Waals surface area contributed by atoms with Gasteiger partial charge in [0.05, 0.1) is 17.8 Å². The molecule has 8 heteroatoms. The number of hydrogen-bond donors (Lipinski definition) is 0. The van der Waals surface area contributed by atoms with Crippen LogP contribution in [0.15, 0.2) is 52.0 Å². The summed E-state index contributed by atoms with van der Waals surface area (Å²) in [6.45, 7) is 1.76. The van der Waals surface area contributed by atoms with E-state index in [1.165, 1.54) is 6.26 Å². The molecule has 3 rings (SSSR count). The summed E-state index contributed by atoms with van der Waals surface area (Å²) in [6, 6.07) is 8.02. The molecule has 0 aliphatic carbocycles. The molecule has 0 saturated heterocycles. The predicted molar refractivity (Wildman–Crippen MR) is 86.5 cm³/mol. The largest absolute Gasteiger partial charge is 0.444 e. The summed E-state index contributed by atoms with van der Waals surface area (Å²) in [6.07, 6.45) is -2.58. The number of aryl methyl sites for hydroxylation is 1. The molecule has 4 nitrogen and oxygen atoms in total. The maximum absolute atomic E-state index is 12.9. The van der Waals surface area contributed by atoms with Gasteiger partial charge in [0.15, 0.2) is 0 Å². The quantitative estimate of drug-likeness (QED) is 0.682. The van der Waals surface area contributed by atoms with E-state index in [1.807, 2.05) is 31.2 Å². The van der Waals surface area contributed by atoms with Crippen molar-refractivity contribution < 1.29 is 17.6 Å². The van der Waals surface area contributed by atoms with E-state index in [1.54, 1.807) is 0 Å². The molecule has 0 aliphatic heterocycles. The number of halogens is 4. The van der Waals surface area contributed by atoms with Gasteiger partial charge in [0.25, 0.3) is 5.56 Å². The molecular weight excluding hydrogens is 357 g/mol. The third kappa shape index (κ3) is 3.76. The fraction of sp³-hybridized carbons (Fsp3) is 0.176. The molecule has 0 unspecified atom stereocenters. The summed E-state index contributed by atoms with van der Waals surface area (Å²) in [5, 5.41) is -0.503. The first-order valence-electron chi connectivity index (χ1n) is 7.22. The van der Waals surface area contributed by atoms with Crippen molar-refractivity contribution in [2.24, 2.45) is 0 Å². The molecule has 1 aromatic carbocycles. The minimum absolute atomic E-state index is 0.183. The second kappa shape index (κ2) is 6.40. The van der Waals surface area contributed by atoms with Gasteiger partial charge in [-0.3, -0.25) is 4.79 Å². The van der Waals surface area contributed by atoms with E-state index in [-0.39, 0.29) is 6.54 Å². The molecule has 0 saturated carbocycles. The highest BCUT2D eigenvalue weighted by atomic mass is 35.5. The number of alkyl halides is 3. The number of pyridine rings is 1. The van der Waals surface area contributed by atoms with Crippen molar-refractivity contribution in [1.82, 2.24) is 9.55 Å². The summed E-state index contributed by atoms with van der Waals surface area (Å²) >= 11 is 5.63. The minimum Gasteiger partial charge on any atom is -0.444 e. The Morgan fingerprint density at radius 3 is 2.56 bits per heavy atom. The summed E-state index contributed by atoms with van der Waals surface area (Å²) in [4.78, 5) is 16.2. The van der Waals surface area contributed by atoms with Crippen LogP contribution >= 0.6 is 11.6 Å². The van der Waals surface area contributed by atoms with Crippen LogP contribution in [-0.4, -0.2) is 9.55 Å². The normalized spacial score (nSPS) is 11.7. The first-order valence-corrected chi connectivity index (χ1v) is 7.60. The van der Waals surface area contributed by atoms with Crippen molar-refractivity contribution in [3.8, 4) is 11.5 Å². The summed E-state index contributed by atoms with van der Waals surface area (Å²) in [5.41, 5.74) is 0.383. The average Bonchev–Trinajstić information content (AvgIpc) is 3.00. The SMILES string of the molecule is Cc1ccc(-c2nc(Cn3cc(C(F)(F)F)cc(Cl)c3=O)co2)cc1. The second-order valence-corrected chi connectivity index (χ2v) is 5.92. The van der Waals surface area contributed by atoms with Crippen molar-refractivity contribution in [3.05, 3.63) is 75.0 Å². The smallest absolute Gasteiger partial charge is 0.417 e. The molecule has 2 heterocycles.